The minimum absolute atomic E-state index is 0.431. The van der Waals surface area contributed by atoms with Crippen LogP contribution >= 0.6 is 11.6 Å². The lowest BCUT2D eigenvalue weighted by Gasteiger charge is -1.95. The second-order valence-electron chi connectivity index (χ2n) is 3.20. The molecule has 3 rings (SSSR count). The van der Waals surface area contributed by atoms with Crippen molar-refractivity contribution >= 4 is 17.4 Å². The number of terminal acetylenes is 1. The number of nitrogens with zero attached hydrogens (tertiary/aromatic N) is 1. The molecule has 16 heavy (non-hydrogen) atoms. The van der Waals surface area contributed by atoms with Crippen LogP contribution in [0.3, 0.4) is 0 Å². The topological polar surface area (TPSA) is 24.9 Å². The highest BCUT2D eigenvalue weighted by Gasteiger charge is 2.06. The van der Waals surface area contributed by atoms with E-state index < -0.39 is 0 Å². The predicted octanol–water partition coefficient (Wildman–Crippen LogP) is 3.40. The van der Waals surface area contributed by atoms with E-state index in [1.807, 2.05) is 0 Å². The minimum Gasteiger partial charge on any atom is -0.300 e. The molecule has 3 heteroatoms. The van der Waals surface area contributed by atoms with Crippen LogP contribution in [0.2, 0.25) is 5.15 Å². The molecule has 1 aromatic rings. The highest BCUT2D eigenvalue weighted by atomic mass is 35.5. The number of halogens is 1. The van der Waals surface area contributed by atoms with Crippen molar-refractivity contribution in [3.05, 3.63) is 47.6 Å². The lowest BCUT2D eigenvalue weighted by molar-refractivity contribution is 1.32. The fraction of sp³-hybridized carbons (Fsp3) is 0. The summed E-state index contributed by atoms with van der Waals surface area (Å²) >= 11 is 5.56. The van der Waals surface area contributed by atoms with Gasteiger partial charge in [-0.1, -0.05) is 42.3 Å². The van der Waals surface area contributed by atoms with Crippen LogP contribution in [0.4, 0.5) is 5.82 Å². The minimum atomic E-state index is 0.431. The number of rotatable bonds is 1. The molecule has 0 unspecified atom stereocenters. The molecule has 0 bridgehead atoms. The molecule has 78 valence electrons. The molecule has 1 heterocycles. The molecule has 2 aliphatic rings. The first-order valence-electron chi connectivity index (χ1n) is 4.74. The van der Waals surface area contributed by atoms with Gasteiger partial charge < -0.3 is 0 Å². The van der Waals surface area contributed by atoms with Gasteiger partial charge in [-0.25, -0.2) is 4.98 Å². The van der Waals surface area contributed by atoms with Crippen molar-refractivity contribution in [3.63, 3.8) is 0 Å². The first kappa shape index (κ1) is 10.5. The molecule has 0 amide bonds. The van der Waals surface area contributed by atoms with E-state index >= 15 is 0 Å². The average Bonchev–Trinajstić information content (AvgIpc) is 2.87. The van der Waals surface area contributed by atoms with Crippen LogP contribution in [0.1, 0.15) is 0 Å². The van der Waals surface area contributed by atoms with Crippen LogP contribution in [0, 0.1) is 12.5 Å². The van der Waals surface area contributed by atoms with E-state index in [1.165, 1.54) is 11.1 Å². The standard InChI is InChI=1S/C7H5ClN2.C6H4/c1-2-9-7-5-3-4-6(8)10-7;1-2-5-4-6(5)3-1/h1,3-5H,(H,9,10);1-4H. The smallest absolute Gasteiger partial charge is 0.139 e. The Morgan fingerprint density at radius 3 is 2.25 bits per heavy atom. The zero-order valence-corrected chi connectivity index (χ0v) is 9.20. The number of pyridine rings is 1. The monoisotopic (exact) mass is 228 g/mol. The SMILES string of the molecule is C#CNc1cccc(Cl)n1.c1cc2cc-2c1. The zero-order valence-electron chi connectivity index (χ0n) is 8.44. The molecule has 0 fully saturated rings. The van der Waals surface area contributed by atoms with Crippen LogP contribution in [-0.4, -0.2) is 4.98 Å². The Kier molecular flexibility index (Phi) is 3.09. The van der Waals surface area contributed by atoms with Crippen LogP contribution in [0.15, 0.2) is 42.5 Å². The van der Waals surface area contributed by atoms with Gasteiger partial charge >= 0.3 is 0 Å². The summed E-state index contributed by atoms with van der Waals surface area (Å²) in [6.07, 6.45) is 4.97. The summed E-state index contributed by atoms with van der Waals surface area (Å²) in [5, 5.41) is 3.01. The summed E-state index contributed by atoms with van der Waals surface area (Å²) in [6, 6.07) is 15.9. The normalized spacial score (nSPS) is 9.50. The van der Waals surface area contributed by atoms with Gasteiger partial charge in [0.15, 0.2) is 0 Å². The number of aromatic nitrogens is 1. The second-order valence-corrected chi connectivity index (χ2v) is 3.58. The summed E-state index contributed by atoms with van der Waals surface area (Å²) in [7, 11) is 0. The Labute approximate surface area is 99.3 Å². The van der Waals surface area contributed by atoms with Gasteiger partial charge in [-0.15, -0.1) is 0 Å². The number of hydrogen-bond donors (Lipinski definition) is 1. The maximum Gasteiger partial charge on any atom is 0.139 e. The van der Waals surface area contributed by atoms with Gasteiger partial charge in [-0.05, 0) is 29.3 Å². The van der Waals surface area contributed by atoms with Crippen molar-refractivity contribution in [1.82, 2.24) is 4.98 Å². The van der Waals surface area contributed by atoms with Crippen LogP contribution in [0.5, 0.6) is 0 Å². The van der Waals surface area contributed by atoms with E-state index in [2.05, 4.69) is 40.6 Å². The van der Waals surface area contributed by atoms with Gasteiger partial charge in [-0.3, -0.25) is 5.32 Å². The van der Waals surface area contributed by atoms with E-state index in [4.69, 9.17) is 18.0 Å². The molecule has 0 atom stereocenters. The predicted molar refractivity (Wildman–Crippen MR) is 67.1 cm³/mol. The molecule has 0 aliphatic heterocycles. The molecule has 1 N–H and O–H groups in total. The molecule has 0 aromatic carbocycles. The summed E-state index contributed by atoms with van der Waals surface area (Å²) in [6.45, 7) is 0. The van der Waals surface area contributed by atoms with Crippen LogP contribution in [0.25, 0.3) is 11.1 Å². The third-order valence-corrected chi connectivity index (χ3v) is 2.24. The summed E-state index contributed by atoms with van der Waals surface area (Å²) in [5.74, 6) is 0.593. The Balaban J connectivity index is 0.000000134. The molecule has 2 nitrogen and oxygen atoms in total. The quantitative estimate of drug-likeness (QED) is 0.392. The van der Waals surface area contributed by atoms with Gasteiger partial charge in [0, 0.05) is 6.04 Å². The first-order chi connectivity index (χ1) is 7.79. The van der Waals surface area contributed by atoms with Crippen molar-refractivity contribution in [2.24, 2.45) is 0 Å². The number of anilines is 1. The maximum absolute atomic E-state index is 5.56. The van der Waals surface area contributed by atoms with E-state index in [0.717, 1.165) is 0 Å². The lowest BCUT2D eigenvalue weighted by Crippen LogP contribution is -1.89. The van der Waals surface area contributed by atoms with Crippen molar-refractivity contribution in [1.29, 1.82) is 0 Å². The maximum atomic E-state index is 5.56. The number of benzene rings is 1. The van der Waals surface area contributed by atoms with Crippen molar-refractivity contribution in [2.45, 2.75) is 0 Å². The second kappa shape index (κ2) is 4.69. The van der Waals surface area contributed by atoms with E-state index in [-0.39, 0.29) is 0 Å². The third kappa shape index (κ3) is 2.75. The van der Waals surface area contributed by atoms with Crippen LogP contribution in [-0.2, 0) is 0 Å². The largest absolute Gasteiger partial charge is 0.300 e. The van der Waals surface area contributed by atoms with Gasteiger partial charge in [0.1, 0.15) is 11.0 Å². The molecule has 1 aromatic heterocycles. The fourth-order valence-electron chi connectivity index (χ4n) is 1.23. The Hall–Kier alpha value is -1.98. The fourth-order valence-corrected chi connectivity index (χ4v) is 1.39. The van der Waals surface area contributed by atoms with E-state index in [0.29, 0.717) is 11.0 Å². The van der Waals surface area contributed by atoms with Gasteiger partial charge in [0.2, 0.25) is 0 Å². The molecule has 0 radical (unpaired) electrons. The summed E-state index contributed by atoms with van der Waals surface area (Å²) in [5.41, 5.74) is 2.85. The molecule has 0 saturated heterocycles. The van der Waals surface area contributed by atoms with Crippen molar-refractivity contribution in [2.75, 3.05) is 5.32 Å². The van der Waals surface area contributed by atoms with Gasteiger partial charge in [-0.2, -0.15) is 0 Å². The Morgan fingerprint density at radius 2 is 1.81 bits per heavy atom. The van der Waals surface area contributed by atoms with Crippen molar-refractivity contribution < 1.29 is 0 Å². The molecule has 0 saturated carbocycles. The third-order valence-electron chi connectivity index (χ3n) is 2.03. The summed E-state index contributed by atoms with van der Waals surface area (Å²) < 4.78 is 0. The number of hydrogen-bond acceptors (Lipinski definition) is 2. The Bertz CT molecular complexity index is 526. The lowest BCUT2D eigenvalue weighted by atomic mass is 10.5. The summed E-state index contributed by atoms with van der Waals surface area (Å²) in [4.78, 5) is 3.87. The highest BCUT2D eigenvalue weighted by Crippen LogP contribution is 2.32. The van der Waals surface area contributed by atoms with Gasteiger partial charge in [0.25, 0.3) is 0 Å². The van der Waals surface area contributed by atoms with Gasteiger partial charge in [0.05, 0.1) is 0 Å². The average molecular weight is 229 g/mol. The molecule has 0 spiro atoms. The zero-order chi connectivity index (χ0) is 11.4. The number of nitrogens with one attached hydrogen (secondary N) is 1. The number of fused-ring (bicyclic) bond motifs is 1. The van der Waals surface area contributed by atoms with E-state index in [9.17, 15) is 0 Å². The van der Waals surface area contributed by atoms with Crippen molar-refractivity contribution in [3.8, 4) is 23.6 Å². The Morgan fingerprint density at radius 1 is 1.12 bits per heavy atom. The van der Waals surface area contributed by atoms with E-state index in [1.54, 1.807) is 18.2 Å². The first-order valence-corrected chi connectivity index (χ1v) is 5.12. The molecular formula is C13H9ClN2. The van der Waals surface area contributed by atoms with Crippen LogP contribution < -0.4 is 5.32 Å². The highest BCUT2D eigenvalue weighted by molar-refractivity contribution is 6.29. The molecule has 2 aliphatic carbocycles. The molecular weight excluding hydrogens is 220 g/mol.